The fourth-order valence-electron chi connectivity index (χ4n) is 1.71. The fourth-order valence-corrected chi connectivity index (χ4v) is 1.71. The van der Waals surface area contributed by atoms with Crippen molar-refractivity contribution in [1.29, 1.82) is 5.26 Å². The molecule has 0 aromatic heterocycles. The Labute approximate surface area is 97.3 Å². The average molecular weight is 234 g/mol. The average Bonchev–Trinajstić information content (AvgIpc) is 2.27. The van der Waals surface area contributed by atoms with Gasteiger partial charge < -0.3 is 5.11 Å². The Bertz CT molecular complexity index is 517. The monoisotopic (exact) mass is 234 g/mol. The number of carboxylic acids is 1. The van der Waals surface area contributed by atoms with Gasteiger partial charge in [0, 0.05) is 11.6 Å². The number of nitrogens with zero attached hydrogens (tertiary/aromatic N) is 2. The summed E-state index contributed by atoms with van der Waals surface area (Å²) in [5.74, 6) is -1.15. The number of carbonyl (C=O) groups is 1. The summed E-state index contributed by atoms with van der Waals surface area (Å²) in [6.45, 7) is 1.73. The molecule has 88 valence electrons. The molecule has 17 heavy (non-hydrogen) atoms. The lowest BCUT2D eigenvalue weighted by Gasteiger charge is -2.08. The lowest BCUT2D eigenvalue weighted by molar-refractivity contribution is -0.385. The number of carboxylic acid groups (broad SMARTS) is 1. The number of benzene rings is 1. The van der Waals surface area contributed by atoms with E-state index in [1.807, 2.05) is 6.07 Å². The number of nitro benzene ring substituents is 1. The first kappa shape index (κ1) is 12.6. The van der Waals surface area contributed by atoms with Crippen LogP contribution in [-0.2, 0) is 17.6 Å². The molecule has 1 aromatic rings. The SMILES string of the molecule is CCc1c(C#N)ccc([N+](=O)[O-])c1CC(=O)O. The van der Waals surface area contributed by atoms with E-state index in [9.17, 15) is 14.9 Å². The van der Waals surface area contributed by atoms with Gasteiger partial charge in [0.1, 0.15) is 0 Å². The van der Waals surface area contributed by atoms with E-state index >= 15 is 0 Å². The largest absolute Gasteiger partial charge is 0.481 e. The summed E-state index contributed by atoms with van der Waals surface area (Å²) in [6.07, 6.45) is -0.0673. The molecule has 0 bridgehead atoms. The highest BCUT2D eigenvalue weighted by atomic mass is 16.6. The molecular weight excluding hydrogens is 224 g/mol. The van der Waals surface area contributed by atoms with Gasteiger partial charge in [-0.2, -0.15) is 5.26 Å². The Morgan fingerprint density at radius 3 is 2.59 bits per heavy atom. The van der Waals surface area contributed by atoms with Gasteiger partial charge in [0.25, 0.3) is 5.69 Å². The highest BCUT2D eigenvalue weighted by Gasteiger charge is 2.21. The molecule has 6 nitrogen and oxygen atoms in total. The Balaban J connectivity index is 3.50. The maximum Gasteiger partial charge on any atom is 0.308 e. The van der Waals surface area contributed by atoms with Crippen LogP contribution in [0.2, 0.25) is 0 Å². The Hall–Kier alpha value is -2.42. The molecule has 1 N–H and O–H groups in total. The van der Waals surface area contributed by atoms with Crippen molar-refractivity contribution >= 4 is 11.7 Å². The fraction of sp³-hybridized carbons (Fsp3) is 0.273. The van der Waals surface area contributed by atoms with E-state index in [0.29, 0.717) is 12.0 Å². The van der Waals surface area contributed by atoms with E-state index in [2.05, 4.69) is 0 Å². The van der Waals surface area contributed by atoms with Crippen LogP contribution in [0.25, 0.3) is 0 Å². The maximum absolute atomic E-state index is 10.8. The molecule has 0 saturated heterocycles. The standard InChI is InChI=1S/C11H10N2O4/c1-2-8-7(6-12)3-4-10(13(16)17)9(8)5-11(14)15/h3-4H,2,5H2,1H3,(H,14,15). The minimum atomic E-state index is -1.15. The van der Waals surface area contributed by atoms with Crippen LogP contribution in [-0.4, -0.2) is 16.0 Å². The molecule has 0 aliphatic heterocycles. The van der Waals surface area contributed by atoms with Crippen LogP contribution >= 0.6 is 0 Å². The molecule has 0 heterocycles. The van der Waals surface area contributed by atoms with Crippen molar-refractivity contribution in [3.63, 3.8) is 0 Å². The molecule has 0 unspecified atom stereocenters. The second kappa shape index (κ2) is 5.07. The molecule has 0 amide bonds. The first-order valence-corrected chi connectivity index (χ1v) is 4.92. The van der Waals surface area contributed by atoms with Crippen LogP contribution < -0.4 is 0 Å². The van der Waals surface area contributed by atoms with Crippen molar-refractivity contribution < 1.29 is 14.8 Å². The number of rotatable bonds is 4. The van der Waals surface area contributed by atoms with Gasteiger partial charge in [0.2, 0.25) is 0 Å². The van der Waals surface area contributed by atoms with Crippen molar-refractivity contribution in [1.82, 2.24) is 0 Å². The first-order valence-electron chi connectivity index (χ1n) is 4.92. The van der Waals surface area contributed by atoms with Crippen molar-refractivity contribution in [2.45, 2.75) is 19.8 Å². The zero-order valence-electron chi connectivity index (χ0n) is 9.14. The van der Waals surface area contributed by atoms with Crippen LogP contribution in [0.15, 0.2) is 12.1 Å². The summed E-state index contributed by atoms with van der Waals surface area (Å²) in [5.41, 5.74) is 0.589. The van der Waals surface area contributed by atoms with Gasteiger partial charge in [0.15, 0.2) is 0 Å². The van der Waals surface area contributed by atoms with Crippen LogP contribution in [0.3, 0.4) is 0 Å². The lowest BCUT2D eigenvalue weighted by Crippen LogP contribution is -2.08. The molecule has 0 aliphatic carbocycles. The van der Waals surface area contributed by atoms with Crippen molar-refractivity contribution in [3.8, 4) is 6.07 Å². The van der Waals surface area contributed by atoms with E-state index in [1.165, 1.54) is 12.1 Å². The predicted octanol–water partition coefficient (Wildman–Crippen LogP) is 1.66. The molecule has 0 aliphatic rings. The summed E-state index contributed by atoms with van der Waals surface area (Å²) in [5, 5.41) is 28.4. The molecule has 1 aromatic carbocycles. The van der Waals surface area contributed by atoms with Gasteiger partial charge in [-0.25, -0.2) is 0 Å². The first-order chi connectivity index (χ1) is 8.01. The Kier molecular flexibility index (Phi) is 3.78. The molecule has 0 spiro atoms. The van der Waals surface area contributed by atoms with Crippen molar-refractivity contribution in [2.75, 3.05) is 0 Å². The van der Waals surface area contributed by atoms with Gasteiger partial charge in [-0.15, -0.1) is 0 Å². The number of aliphatic carboxylic acids is 1. The Morgan fingerprint density at radius 1 is 1.53 bits per heavy atom. The highest BCUT2D eigenvalue weighted by Crippen LogP contribution is 2.26. The molecule has 1 rings (SSSR count). The van der Waals surface area contributed by atoms with Crippen molar-refractivity contribution in [2.24, 2.45) is 0 Å². The number of hydrogen-bond acceptors (Lipinski definition) is 4. The third-order valence-corrected chi connectivity index (χ3v) is 2.41. The highest BCUT2D eigenvalue weighted by molar-refractivity contribution is 5.73. The molecular formula is C11H10N2O4. The molecule has 6 heteroatoms. The zero-order chi connectivity index (χ0) is 13.0. The third kappa shape index (κ3) is 2.58. The number of hydrogen-bond donors (Lipinski definition) is 1. The predicted molar refractivity (Wildman–Crippen MR) is 58.5 cm³/mol. The van der Waals surface area contributed by atoms with Gasteiger partial charge in [-0.3, -0.25) is 14.9 Å². The van der Waals surface area contributed by atoms with Gasteiger partial charge in [-0.1, -0.05) is 6.92 Å². The van der Waals surface area contributed by atoms with Gasteiger partial charge in [-0.05, 0) is 18.1 Å². The van der Waals surface area contributed by atoms with E-state index in [0.717, 1.165) is 0 Å². The van der Waals surface area contributed by atoms with Crippen LogP contribution in [0, 0.1) is 21.4 Å². The van der Waals surface area contributed by atoms with E-state index in [1.54, 1.807) is 6.92 Å². The van der Waals surface area contributed by atoms with Crippen molar-refractivity contribution in [3.05, 3.63) is 38.9 Å². The van der Waals surface area contributed by atoms with Crippen LogP contribution in [0.5, 0.6) is 0 Å². The molecule has 0 saturated carbocycles. The third-order valence-electron chi connectivity index (χ3n) is 2.41. The Morgan fingerprint density at radius 2 is 2.18 bits per heavy atom. The minimum absolute atomic E-state index is 0.115. The minimum Gasteiger partial charge on any atom is -0.481 e. The topological polar surface area (TPSA) is 104 Å². The van der Waals surface area contributed by atoms with E-state index in [-0.39, 0.29) is 16.8 Å². The second-order valence-corrected chi connectivity index (χ2v) is 3.38. The quantitative estimate of drug-likeness (QED) is 0.630. The molecule has 0 atom stereocenters. The number of nitriles is 1. The van der Waals surface area contributed by atoms with E-state index in [4.69, 9.17) is 10.4 Å². The lowest BCUT2D eigenvalue weighted by atomic mass is 9.95. The zero-order valence-corrected chi connectivity index (χ0v) is 9.14. The normalized spacial score (nSPS) is 9.65. The smallest absolute Gasteiger partial charge is 0.308 e. The summed E-state index contributed by atoms with van der Waals surface area (Å²) in [7, 11) is 0. The van der Waals surface area contributed by atoms with Crippen LogP contribution in [0.1, 0.15) is 23.6 Å². The molecule has 0 fully saturated rings. The second-order valence-electron chi connectivity index (χ2n) is 3.38. The summed E-state index contributed by atoms with van der Waals surface area (Å²) in [6, 6.07) is 4.44. The number of nitro groups is 1. The van der Waals surface area contributed by atoms with Gasteiger partial charge >= 0.3 is 5.97 Å². The summed E-state index contributed by atoms with van der Waals surface area (Å²) in [4.78, 5) is 20.9. The maximum atomic E-state index is 10.8. The molecule has 0 radical (unpaired) electrons. The summed E-state index contributed by atoms with van der Waals surface area (Å²) >= 11 is 0. The van der Waals surface area contributed by atoms with Gasteiger partial charge in [0.05, 0.1) is 23.0 Å². The summed E-state index contributed by atoms with van der Waals surface area (Å²) < 4.78 is 0. The van der Waals surface area contributed by atoms with Crippen LogP contribution in [0.4, 0.5) is 5.69 Å². The van der Waals surface area contributed by atoms with E-state index < -0.39 is 17.3 Å².